The number of anilines is 4. The molecule has 0 amide bonds. The molecule has 0 fully saturated rings. The van der Waals surface area contributed by atoms with E-state index in [1.165, 1.54) is 15.5 Å². The van der Waals surface area contributed by atoms with Gasteiger partial charge in [-0.05, 0) is 36.4 Å². The van der Waals surface area contributed by atoms with E-state index >= 15 is 0 Å². The topological polar surface area (TPSA) is 41.3 Å². The average Bonchev–Trinajstić information content (AvgIpc) is 2.35. The monoisotopic (exact) mass is 257 g/mol. The van der Waals surface area contributed by atoms with Crippen molar-refractivity contribution >= 4 is 34.5 Å². The zero-order chi connectivity index (χ0) is 12.7. The van der Waals surface area contributed by atoms with E-state index in [4.69, 9.17) is 5.73 Å². The molecule has 92 valence electrons. The summed E-state index contributed by atoms with van der Waals surface area (Å²) in [5.74, 6) is 0. The predicted molar refractivity (Wildman–Crippen MR) is 79.0 cm³/mol. The lowest BCUT2D eigenvalue weighted by Gasteiger charge is -2.23. The highest BCUT2D eigenvalue weighted by Crippen LogP contribution is 2.45. The molecular weight excluding hydrogens is 242 g/mol. The summed E-state index contributed by atoms with van der Waals surface area (Å²) in [6, 6.07) is 12.4. The van der Waals surface area contributed by atoms with Gasteiger partial charge in [-0.25, -0.2) is 0 Å². The normalized spacial score (nSPS) is 12.3. The zero-order valence-corrected chi connectivity index (χ0v) is 11.2. The third-order valence-electron chi connectivity index (χ3n) is 2.98. The van der Waals surface area contributed by atoms with Gasteiger partial charge < -0.3 is 16.0 Å². The van der Waals surface area contributed by atoms with Crippen molar-refractivity contribution in [3.8, 4) is 0 Å². The summed E-state index contributed by atoms with van der Waals surface area (Å²) in [5, 5.41) is 3.44. The molecule has 18 heavy (non-hydrogen) atoms. The van der Waals surface area contributed by atoms with E-state index in [0.29, 0.717) is 0 Å². The molecule has 0 aliphatic carbocycles. The summed E-state index contributed by atoms with van der Waals surface area (Å²) >= 11 is 1.76. The Morgan fingerprint density at radius 3 is 2.39 bits per heavy atom. The number of benzene rings is 2. The van der Waals surface area contributed by atoms with Gasteiger partial charge in [-0.15, -0.1) is 0 Å². The second-order valence-electron chi connectivity index (χ2n) is 4.56. The number of nitrogen functional groups attached to an aromatic ring is 1. The van der Waals surface area contributed by atoms with Gasteiger partial charge in [0.05, 0.1) is 11.4 Å². The molecule has 3 nitrogen and oxygen atoms in total. The van der Waals surface area contributed by atoms with E-state index in [2.05, 4.69) is 42.5 Å². The van der Waals surface area contributed by atoms with E-state index < -0.39 is 0 Å². The Labute approximate surface area is 111 Å². The van der Waals surface area contributed by atoms with Crippen LogP contribution in [0.25, 0.3) is 0 Å². The van der Waals surface area contributed by atoms with Crippen LogP contribution in [-0.4, -0.2) is 14.1 Å². The van der Waals surface area contributed by atoms with Crippen molar-refractivity contribution in [3.63, 3.8) is 0 Å². The van der Waals surface area contributed by atoms with Gasteiger partial charge in [-0.1, -0.05) is 11.8 Å². The molecule has 0 radical (unpaired) electrons. The molecule has 3 N–H and O–H groups in total. The molecular formula is C14H15N3S. The molecule has 1 aliphatic heterocycles. The molecule has 0 bridgehead atoms. The fourth-order valence-corrected chi connectivity index (χ4v) is 3.04. The smallest absolute Gasteiger partial charge is 0.0527 e. The van der Waals surface area contributed by atoms with E-state index in [0.717, 1.165) is 17.1 Å². The molecule has 4 heteroatoms. The van der Waals surface area contributed by atoms with Gasteiger partial charge >= 0.3 is 0 Å². The standard InChI is InChI=1S/C14H15N3S/c1-17(2)10-4-6-12-14(8-10)18-13-7-9(15)3-5-11(13)16-12/h3-8,16H,15H2,1-2H3. The van der Waals surface area contributed by atoms with Crippen molar-refractivity contribution in [1.82, 2.24) is 0 Å². The lowest BCUT2D eigenvalue weighted by atomic mass is 10.2. The SMILES string of the molecule is CN(C)c1ccc2c(c1)Sc1cc(N)ccc1N2. The Kier molecular flexibility index (Phi) is 2.59. The summed E-state index contributed by atoms with van der Waals surface area (Å²) in [5.41, 5.74) is 10.1. The highest BCUT2D eigenvalue weighted by Gasteiger charge is 2.16. The second-order valence-corrected chi connectivity index (χ2v) is 5.64. The zero-order valence-electron chi connectivity index (χ0n) is 10.4. The van der Waals surface area contributed by atoms with E-state index in [9.17, 15) is 0 Å². The first-order chi connectivity index (χ1) is 8.63. The Morgan fingerprint density at radius 2 is 1.67 bits per heavy atom. The molecule has 2 aromatic rings. The minimum absolute atomic E-state index is 0.801. The molecule has 1 heterocycles. The highest BCUT2D eigenvalue weighted by molar-refractivity contribution is 7.99. The first-order valence-corrected chi connectivity index (χ1v) is 6.61. The molecule has 0 atom stereocenters. The van der Waals surface area contributed by atoms with Crippen molar-refractivity contribution in [3.05, 3.63) is 36.4 Å². The fourth-order valence-electron chi connectivity index (χ4n) is 1.97. The molecule has 3 rings (SSSR count). The van der Waals surface area contributed by atoms with Crippen LogP contribution < -0.4 is 16.0 Å². The number of rotatable bonds is 1. The van der Waals surface area contributed by atoms with Gasteiger partial charge in [0.25, 0.3) is 0 Å². The third-order valence-corrected chi connectivity index (χ3v) is 4.09. The van der Waals surface area contributed by atoms with Crippen LogP contribution in [-0.2, 0) is 0 Å². The Balaban J connectivity index is 2.03. The van der Waals surface area contributed by atoms with Crippen LogP contribution >= 0.6 is 11.8 Å². The summed E-state index contributed by atoms with van der Waals surface area (Å²) in [4.78, 5) is 4.52. The van der Waals surface area contributed by atoms with Crippen LogP contribution in [0.3, 0.4) is 0 Å². The van der Waals surface area contributed by atoms with Crippen LogP contribution in [0.4, 0.5) is 22.7 Å². The number of nitrogens with zero attached hydrogens (tertiary/aromatic N) is 1. The summed E-state index contributed by atoms with van der Waals surface area (Å²) in [6.07, 6.45) is 0. The van der Waals surface area contributed by atoms with Gasteiger partial charge in [-0.3, -0.25) is 0 Å². The predicted octanol–water partition coefficient (Wildman–Crippen LogP) is 3.54. The number of hydrogen-bond acceptors (Lipinski definition) is 4. The van der Waals surface area contributed by atoms with Crippen molar-refractivity contribution < 1.29 is 0 Å². The minimum atomic E-state index is 0.801. The summed E-state index contributed by atoms with van der Waals surface area (Å²) < 4.78 is 0. The lowest BCUT2D eigenvalue weighted by molar-refractivity contribution is 1.12. The molecule has 0 spiro atoms. The molecule has 0 saturated heterocycles. The number of hydrogen-bond donors (Lipinski definition) is 2. The number of nitrogens with two attached hydrogens (primary N) is 1. The summed E-state index contributed by atoms with van der Waals surface area (Å²) in [6.45, 7) is 0. The molecule has 2 aromatic carbocycles. The minimum Gasteiger partial charge on any atom is -0.399 e. The van der Waals surface area contributed by atoms with Crippen LogP contribution in [0, 0.1) is 0 Å². The van der Waals surface area contributed by atoms with E-state index in [1.807, 2.05) is 18.2 Å². The maximum atomic E-state index is 5.83. The van der Waals surface area contributed by atoms with Crippen molar-refractivity contribution in [2.24, 2.45) is 0 Å². The number of nitrogens with one attached hydrogen (secondary N) is 1. The highest BCUT2D eigenvalue weighted by atomic mass is 32.2. The van der Waals surface area contributed by atoms with Crippen LogP contribution in [0.1, 0.15) is 0 Å². The maximum Gasteiger partial charge on any atom is 0.0527 e. The van der Waals surface area contributed by atoms with Crippen LogP contribution in [0.2, 0.25) is 0 Å². The molecule has 1 aliphatic rings. The van der Waals surface area contributed by atoms with Gasteiger partial charge in [0.1, 0.15) is 0 Å². The fraction of sp³-hybridized carbons (Fsp3) is 0.143. The van der Waals surface area contributed by atoms with Crippen LogP contribution in [0.5, 0.6) is 0 Å². The second kappa shape index (κ2) is 4.14. The Morgan fingerprint density at radius 1 is 1.00 bits per heavy atom. The van der Waals surface area contributed by atoms with E-state index in [-0.39, 0.29) is 0 Å². The first-order valence-electron chi connectivity index (χ1n) is 5.79. The Hall–Kier alpha value is -1.81. The average molecular weight is 257 g/mol. The quantitative estimate of drug-likeness (QED) is 0.654. The van der Waals surface area contributed by atoms with Crippen molar-refractivity contribution in [1.29, 1.82) is 0 Å². The summed E-state index contributed by atoms with van der Waals surface area (Å²) in [7, 11) is 4.10. The maximum absolute atomic E-state index is 5.83. The third kappa shape index (κ3) is 1.88. The first kappa shape index (κ1) is 11.3. The van der Waals surface area contributed by atoms with Crippen LogP contribution in [0.15, 0.2) is 46.2 Å². The van der Waals surface area contributed by atoms with Crippen molar-refractivity contribution in [2.75, 3.05) is 30.0 Å². The molecule has 0 saturated carbocycles. The number of fused-ring (bicyclic) bond motifs is 2. The molecule has 0 aromatic heterocycles. The lowest BCUT2D eigenvalue weighted by Crippen LogP contribution is -2.09. The van der Waals surface area contributed by atoms with Gasteiger partial charge in [0.2, 0.25) is 0 Å². The Bertz CT molecular complexity index is 608. The van der Waals surface area contributed by atoms with E-state index in [1.54, 1.807) is 11.8 Å². The van der Waals surface area contributed by atoms with Gasteiger partial charge in [0.15, 0.2) is 0 Å². The largest absolute Gasteiger partial charge is 0.399 e. The van der Waals surface area contributed by atoms with Gasteiger partial charge in [0, 0.05) is 35.3 Å². The van der Waals surface area contributed by atoms with Gasteiger partial charge in [-0.2, -0.15) is 0 Å². The molecule has 0 unspecified atom stereocenters. The van der Waals surface area contributed by atoms with Crippen molar-refractivity contribution in [2.45, 2.75) is 9.79 Å².